The number of carboxylic acid groups (broad SMARTS) is 1. The second-order valence-electron chi connectivity index (χ2n) is 7.31. The Morgan fingerprint density at radius 2 is 1.71 bits per heavy atom. The number of hydrogen-bond donors (Lipinski definition) is 2. The van der Waals surface area contributed by atoms with Crippen molar-refractivity contribution in [3.8, 4) is 11.1 Å². The Balaban J connectivity index is 1.45. The SMILES string of the molecule is O=C(NC(C(=O)O)C1C=CCCC1)OCC1c2ccccc2-c2ccccc21. The molecule has 2 N–H and O–H groups in total. The molecule has 0 spiro atoms. The minimum atomic E-state index is -1.04. The molecule has 2 aliphatic rings. The van der Waals surface area contributed by atoms with Gasteiger partial charge in [-0.3, -0.25) is 0 Å². The van der Waals surface area contributed by atoms with E-state index in [0.717, 1.165) is 41.5 Å². The summed E-state index contributed by atoms with van der Waals surface area (Å²) in [4.78, 5) is 24.0. The van der Waals surface area contributed by atoms with E-state index in [2.05, 4.69) is 17.4 Å². The van der Waals surface area contributed by atoms with Crippen LogP contribution in [0.1, 0.15) is 36.3 Å². The molecule has 2 aromatic carbocycles. The van der Waals surface area contributed by atoms with Crippen molar-refractivity contribution in [3.05, 3.63) is 71.8 Å². The van der Waals surface area contributed by atoms with Gasteiger partial charge in [-0.1, -0.05) is 60.7 Å². The van der Waals surface area contributed by atoms with Crippen molar-refractivity contribution in [1.29, 1.82) is 0 Å². The molecule has 0 radical (unpaired) electrons. The number of ether oxygens (including phenoxy) is 1. The number of fused-ring (bicyclic) bond motifs is 3. The van der Waals surface area contributed by atoms with Crippen molar-refractivity contribution in [2.24, 2.45) is 5.92 Å². The Morgan fingerprint density at radius 3 is 2.29 bits per heavy atom. The molecule has 0 bridgehead atoms. The van der Waals surface area contributed by atoms with Gasteiger partial charge in [-0.25, -0.2) is 9.59 Å². The number of hydrogen-bond acceptors (Lipinski definition) is 3. The number of rotatable bonds is 5. The number of nitrogens with one attached hydrogen (secondary N) is 1. The van der Waals surface area contributed by atoms with E-state index in [0.29, 0.717) is 0 Å². The number of carboxylic acids is 1. The van der Waals surface area contributed by atoms with E-state index in [1.807, 2.05) is 48.6 Å². The summed E-state index contributed by atoms with van der Waals surface area (Å²) < 4.78 is 5.47. The molecule has 1 amide bonds. The minimum Gasteiger partial charge on any atom is -0.480 e. The van der Waals surface area contributed by atoms with Crippen molar-refractivity contribution < 1.29 is 19.4 Å². The van der Waals surface area contributed by atoms with Gasteiger partial charge in [0.05, 0.1) is 0 Å². The summed E-state index contributed by atoms with van der Waals surface area (Å²) in [6.07, 6.45) is 5.80. The first-order valence-corrected chi connectivity index (χ1v) is 9.66. The molecule has 144 valence electrons. The number of alkyl carbamates (subject to hydrolysis) is 1. The number of amides is 1. The van der Waals surface area contributed by atoms with E-state index in [9.17, 15) is 14.7 Å². The number of benzene rings is 2. The Bertz CT molecular complexity index is 875. The molecule has 2 atom stereocenters. The summed E-state index contributed by atoms with van der Waals surface area (Å²) in [5.74, 6) is -1.28. The third-order valence-corrected chi connectivity index (χ3v) is 5.60. The molecule has 2 aromatic rings. The number of allylic oxidation sites excluding steroid dienone is 1. The summed E-state index contributed by atoms with van der Waals surface area (Å²) in [7, 11) is 0. The predicted octanol–water partition coefficient (Wildman–Crippen LogP) is 4.33. The first-order chi connectivity index (χ1) is 13.6. The molecule has 2 unspecified atom stereocenters. The minimum absolute atomic E-state index is 0.0454. The van der Waals surface area contributed by atoms with Crippen LogP contribution in [-0.2, 0) is 9.53 Å². The fraction of sp³-hybridized carbons (Fsp3) is 0.304. The molecule has 0 saturated heterocycles. The van der Waals surface area contributed by atoms with Crippen LogP contribution < -0.4 is 5.32 Å². The summed E-state index contributed by atoms with van der Waals surface area (Å²) in [6.45, 7) is 0.173. The van der Waals surface area contributed by atoms with E-state index >= 15 is 0 Å². The van der Waals surface area contributed by atoms with Crippen LogP contribution in [0.3, 0.4) is 0 Å². The highest BCUT2D eigenvalue weighted by molar-refractivity contribution is 5.81. The van der Waals surface area contributed by atoms with E-state index in [-0.39, 0.29) is 18.4 Å². The fourth-order valence-corrected chi connectivity index (χ4v) is 4.24. The molecular formula is C23H23NO4. The zero-order chi connectivity index (χ0) is 19.5. The lowest BCUT2D eigenvalue weighted by atomic mass is 9.89. The quantitative estimate of drug-likeness (QED) is 0.760. The van der Waals surface area contributed by atoms with Crippen LogP contribution in [-0.4, -0.2) is 29.8 Å². The van der Waals surface area contributed by atoms with Crippen molar-refractivity contribution in [3.63, 3.8) is 0 Å². The molecule has 5 nitrogen and oxygen atoms in total. The third-order valence-electron chi connectivity index (χ3n) is 5.60. The second kappa shape index (κ2) is 7.89. The Kier molecular flexibility index (Phi) is 5.15. The first-order valence-electron chi connectivity index (χ1n) is 9.66. The topological polar surface area (TPSA) is 75.6 Å². The first kappa shape index (κ1) is 18.3. The highest BCUT2D eigenvalue weighted by atomic mass is 16.5. The summed E-state index contributed by atoms with van der Waals surface area (Å²) in [5.41, 5.74) is 4.56. The zero-order valence-electron chi connectivity index (χ0n) is 15.5. The van der Waals surface area contributed by atoms with E-state index in [1.54, 1.807) is 0 Å². The number of carbonyl (C=O) groups excluding carboxylic acids is 1. The van der Waals surface area contributed by atoms with Gasteiger partial charge in [0, 0.05) is 11.8 Å². The molecule has 0 saturated carbocycles. The highest BCUT2D eigenvalue weighted by Gasteiger charge is 2.31. The molecular weight excluding hydrogens is 354 g/mol. The molecule has 2 aliphatic carbocycles. The summed E-state index contributed by atoms with van der Waals surface area (Å²) in [5, 5.41) is 12.1. The Labute approximate surface area is 164 Å². The van der Waals surface area contributed by atoms with Crippen LogP contribution in [0.5, 0.6) is 0 Å². The molecule has 0 fully saturated rings. The van der Waals surface area contributed by atoms with Crippen LogP contribution in [0.4, 0.5) is 4.79 Å². The molecule has 28 heavy (non-hydrogen) atoms. The van der Waals surface area contributed by atoms with Crippen molar-refractivity contribution in [2.45, 2.75) is 31.2 Å². The average Bonchev–Trinajstić information content (AvgIpc) is 3.05. The molecule has 0 aliphatic heterocycles. The van der Waals surface area contributed by atoms with Gasteiger partial charge < -0.3 is 15.2 Å². The van der Waals surface area contributed by atoms with Crippen molar-refractivity contribution in [1.82, 2.24) is 5.32 Å². The van der Waals surface area contributed by atoms with E-state index in [1.165, 1.54) is 0 Å². The van der Waals surface area contributed by atoms with Gasteiger partial charge in [0.1, 0.15) is 12.6 Å². The van der Waals surface area contributed by atoms with Crippen LogP contribution >= 0.6 is 0 Å². The fourth-order valence-electron chi connectivity index (χ4n) is 4.24. The van der Waals surface area contributed by atoms with Crippen LogP contribution in [0, 0.1) is 5.92 Å². The second-order valence-corrected chi connectivity index (χ2v) is 7.31. The summed E-state index contributed by atoms with van der Waals surface area (Å²) in [6, 6.07) is 15.2. The smallest absolute Gasteiger partial charge is 0.407 e. The van der Waals surface area contributed by atoms with Crippen molar-refractivity contribution >= 4 is 12.1 Å². The van der Waals surface area contributed by atoms with Gasteiger partial charge >= 0.3 is 12.1 Å². The predicted molar refractivity (Wildman–Crippen MR) is 106 cm³/mol. The lowest BCUT2D eigenvalue weighted by molar-refractivity contribution is -0.140. The van der Waals surface area contributed by atoms with Gasteiger partial charge in [-0.2, -0.15) is 0 Å². The lowest BCUT2D eigenvalue weighted by Crippen LogP contribution is -2.46. The monoisotopic (exact) mass is 377 g/mol. The number of carbonyl (C=O) groups is 2. The van der Waals surface area contributed by atoms with Gasteiger partial charge in [-0.15, -0.1) is 0 Å². The summed E-state index contributed by atoms with van der Waals surface area (Å²) >= 11 is 0. The average molecular weight is 377 g/mol. The zero-order valence-corrected chi connectivity index (χ0v) is 15.5. The van der Waals surface area contributed by atoms with Crippen LogP contribution in [0.25, 0.3) is 11.1 Å². The van der Waals surface area contributed by atoms with Gasteiger partial charge in [0.25, 0.3) is 0 Å². The van der Waals surface area contributed by atoms with Crippen LogP contribution in [0.2, 0.25) is 0 Å². The van der Waals surface area contributed by atoms with Gasteiger partial charge in [0.15, 0.2) is 0 Å². The molecule has 0 heterocycles. The molecule has 0 aromatic heterocycles. The maximum Gasteiger partial charge on any atom is 0.407 e. The Morgan fingerprint density at radius 1 is 1.07 bits per heavy atom. The maximum absolute atomic E-state index is 12.4. The van der Waals surface area contributed by atoms with Crippen LogP contribution in [0.15, 0.2) is 60.7 Å². The van der Waals surface area contributed by atoms with E-state index < -0.39 is 18.1 Å². The number of aliphatic carboxylic acids is 1. The van der Waals surface area contributed by atoms with E-state index in [4.69, 9.17) is 4.74 Å². The standard InChI is InChI=1S/C23H23NO4/c25-22(26)21(15-8-2-1-3-9-15)24-23(27)28-14-20-18-12-6-4-10-16(18)17-11-5-7-13-19(17)20/h2,4-8,10-13,15,20-21H,1,3,9,14H2,(H,24,27)(H,25,26). The Hall–Kier alpha value is -3.08. The van der Waals surface area contributed by atoms with Gasteiger partial charge in [0.2, 0.25) is 0 Å². The van der Waals surface area contributed by atoms with Crippen molar-refractivity contribution in [2.75, 3.05) is 6.61 Å². The highest BCUT2D eigenvalue weighted by Crippen LogP contribution is 2.44. The molecule has 5 heteroatoms. The third kappa shape index (κ3) is 3.52. The van der Waals surface area contributed by atoms with Gasteiger partial charge in [-0.05, 0) is 41.5 Å². The molecule has 4 rings (SSSR count). The normalized spacial score (nSPS) is 18.8. The maximum atomic E-state index is 12.4. The lowest BCUT2D eigenvalue weighted by Gasteiger charge is -2.24. The largest absolute Gasteiger partial charge is 0.480 e.